The Labute approximate surface area is 130 Å². The van der Waals surface area contributed by atoms with E-state index in [1.807, 2.05) is 0 Å². The van der Waals surface area contributed by atoms with Gasteiger partial charge in [0.1, 0.15) is 0 Å². The fourth-order valence-electron chi connectivity index (χ4n) is 3.23. The summed E-state index contributed by atoms with van der Waals surface area (Å²) >= 11 is 0. The quantitative estimate of drug-likeness (QED) is 0.488. The molecule has 0 aliphatic carbocycles. The Kier molecular flexibility index (Phi) is 2.90. The normalized spacial score (nSPS) is 11.2. The molecule has 0 unspecified atom stereocenters. The van der Waals surface area contributed by atoms with Gasteiger partial charge in [-0.05, 0) is 72.1 Å². The molecule has 2 aromatic carbocycles. The van der Waals surface area contributed by atoms with Crippen molar-refractivity contribution in [3.63, 3.8) is 0 Å². The molecular formula is C20H18N2. The lowest BCUT2D eigenvalue weighted by atomic mass is 9.98. The topological polar surface area (TPSA) is 9.86 Å². The van der Waals surface area contributed by atoms with Gasteiger partial charge in [-0.25, -0.2) is 0 Å². The maximum atomic E-state index is 2.24. The van der Waals surface area contributed by atoms with Crippen molar-refractivity contribution >= 4 is 10.8 Å². The summed E-state index contributed by atoms with van der Waals surface area (Å²) in [4.78, 5) is 0. The summed E-state index contributed by atoms with van der Waals surface area (Å²) in [6, 6.07) is 17.1. The second-order valence-electron chi connectivity index (χ2n) is 5.70. The zero-order valence-corrected chi connectivity index (χ0v) is 12.8. The number of aryl methyl sites for hydroxylation is 2. The van der Waals surface area contributed by atoms with Crippen LogP contribution < -0.4 is 0 Å². The molecular weight excluding hydrogens is 268 g/mol. The summed E-state index contributed by atoms with van der Waals surface area (Å²) in [6.45, 7) is 4.40. The highest BCUT2D eigenvalue weighted by Gasteiger charge is 2.09. The molecule has 4 rings (SSSR count). The number of fused-ring (bicyclic) bond motifs is 1. The molecule has 0 atom stereocenters. The van der Waals surface area contributed by atoms with E-state index in [4.69, 9.17) is 0 Å². The Morgan fingerprint density at radius 1 is 0.545 bits per heavy atom. The summed E-state index contributed by atoms with van der Waals surface area (Å²) in [5.74, 6) is 0. The molecule has 2 aromatic heterocycles. The zero-order chi connectivity index (χ0) is 15.1. The summed E-state index contributed by atoms with van der Waals surface area (Å²) in [5.41, 5.74) is 5.11. The van der Waals surface area contributed by atoms with Crippen molar-refractivity contribution < 1.29 is 0 Å². The van der Waals surface area contributed by atoms with Crippen molar-refractivity contribution in [1.82, 2.24) is 9.13 Å². The van der Waals surface area contributed by atoms with Crippen LogP contribution in [0.1, 0.15) is 11.1 Å². The lowest BCUT2D eigenvalue weighted by molar-refractivity contribution is 1.06. The van der Waals surface area contributed by atoms with Gasteiger partial charge >= 0.3 is 0 Å². The monoisotopic (exact) mass is 286 g/mol. The van der Waals surface area contributed by atoms with Gasteiger partial charge in [-0.1, -0.05) is 12.1 Å². The number of nitrogens with zero attached hydrogens (tertiary/aromatic N) is 2. The molecule has 108 valence electrons. The van der Waals surface area contributed by atoms with Gasteiger partial charge in [0.05, 0.1) is 0 Å². The highest BCUT2D eigenvalue weighted by atomic mass is 14.9. The molecule has 2 heteroatoms. The van der Waals surface area contributed by atoms with Gasteiger partial charge in [0.2, 0.25) is 0 Å². The average Bonchev–Trinajstić information content (AvgIpc) is 3.22. The maximum absolute atomic E-state index is 2.24. The van der Waals surface area contributed by atoms with Gasteiger partial charge in [0.25, 0.3) is 0 Å². The minimum absolute atomic E-state index is 1.24. The Morgan fingerprint density at radius 2 is 0.909 bits per heavy atom. The van der Waals surface area contributed by atoms with E-state index >= 15 is 0 Å². The van der Waals surface area contributed by atoms with Crippen molar-refractivity contribution in [3.05, 3.63) is 84.4 Å². The van der Waals surface area contributed by atoms with Crippen LogP contribution in [0.4, 0.5) is 0 Å². The van der Waals surface area contributed by atoms with Gasteiger partial charge in [0.15, 0.2) is 0 Å². The van der Waals surface area contributed by atoms with Crippen LogP contribution in [0.25, 0.3) is 22.1 Å². The van der Waals surface area contributed by atoms with Gasteiger partial charge < -0.3 is 9.13 Å². The molecule has 22 heavy (non-hydrogen) atoms. The first-order valence-electron chi connectivity index (χ1n) is 7.55. The largest absolute Gasteiger partial charge is 0.324 e. The molecule has 0 saturated carbocycles. The van der Waals surface area contributed by atoms with Gasteiger partial charge in [-0.15, -0.1) is 0 Å². The van der Waals surface area contributed by atoms with Crippen LogP contribution in [0.15, 0.2) is 73.3 Å². The van der Waals surface area contributed by atoms with Crippen molar-refractivity contribution in [2.45, 2.75) is 13.8 Å². The van der Waals surface area contributed by atoms with E-state index in [0.717, 1.165) is 0 Å². The smallest absolute Gasteiger partial charge is 0.0484 e. The first kappa shape index (κ1) is 13.0. The summed E-state index contributed by atoms with van der Waals surface area (Å²) in [5, 5.41) is 2.64. The van der Waals surface area contributed by atoms with E-state index in [0.29, 0.717) is 0 Å². The minimum Gasteiger partial charge on any atom is -0.324 e. The van der Waals surface area contributed by atoms with E-state index in [1.54, 1.807) is 0 Å². The van der Waals surface area contributed by atoms with Crippen molar-refractivity contribution in [2.24, 2.45) is 0 Å². The van der Waals surface area contributed by atoms with Crippen molar-refractivity contribution in [1.29, 1.82) is 0 Å². The van der Waals surface area contributed by atoms with Crippen molar-refractivity contribution in [3.8, 4) is 11.4 Å². The standard InChI is InChI=1S/C20H18N2/c1-15-17-7-10-20(22-13-5-6-14-22)16(2)18(17)8-9-19(15)21-11-3-4-12-21/h3-14H,1-2H3. The minimum atomic E-state index is 1.24. The fourth-order valence-corrected chi connectivity index (χ4v) is 3.23. The van der Waals surface area contributed by atoms with Crippen LogP contribution in [-0.2, 0) is 0 Å². The van der Waals surface area contributed by atoms with Gasteiger partial charge in [-0.3, -0.25) is 0 Å². The third kappa shape index (κ3) is 1.88. The van der Waals surface area contributed by atoms with Crippen LogP contribution >= 0.6 is 0 Å². The molecule has 0 amide bonds. The molecule has 2 heterocycles. The Morgan fingerprint density at radius 3 is 1.27 bits per heavy atom. The van der Waals surface area contributed by atoms with E-state index in [-0.39, 0.29) is 0 Å². The molecule has 2 nitrogen and oxygen atoms in total. The van der Waals surface area contributed by atoms with Crippen molar-refractivity contribution in [2.75, 3.05) is 0 Å². The van der Waals surface area contributed by atoms with Crippen LogP contribution in [-0.4, -0.2) is 9.13 Å². The van der Waals surface area contributed by atoms with Gasteiger partial charge in [-0.2, -0.15) is 0 Å². The van der Waals surface area contributed by atoms with Crippen LogP contribution in [0.5, 0.6) is 0 Å². The number of hydrogen-bond donors (Lipinski definition) is 0. The van der Waals surface area contributed by atoms with E-state index < -0.39 is 0 Å². The summed E-state index contributed by atoms with van der Waals surface area (Å²) in [6.07, 6.45) is 8.37. The Balaban J connectivity index is 1.96. The molecule has 0 radical (unpaired) electrons. The third-order valence-electron chi connectivity index (χ3n) is 4.45. The maximum Gasteiger partial charge on any atom is 0.0484 e. The Bertz CT molecular complexity index is 850. The zero-order valence-electron chi connectivity index (χ0n) is 12.8. The number of benzene rings is 2. The van der Waals surface area contributed by atoms with E-state index in [1.165, 1.54) is 33.3 Å². The fraction of sp³-hybridized carbons (Fsp3) is 0.100. The molecule has 0 N–H and O–H groups in total. The molecule has 0 bridgehead atoms. The molecule has 0 spiro atoms. The molecule has 0 fully saturated rings. The predicted octanol–water partition coefficient (Wildman–Crippen LogP) is 5.04. The highest BCUT2D eigenvalue weighted by molar-refractivity contribution is 5.92. The lowest BCUT2D eigenvalue weighted by Gasteiger charge is -2.15. The molecule has 4 aromatic rings. The molecule has 0 aliphatic rings. The number of hydrogen-bond acceptors (Lipinski definition) is 0. The SMILES string of the molecule is Cc1c(-n2cccc2)ccc2c(C)c(-n3cccc3)ccc12. The molecule has 0 saturated heterocycles. The van der Waals surface area contributed by atoms with E-state index in [2.05, 4.69) is 96.3 Å². The third-order valence-corrected chi connectivity index (χ3v) is 4.45. The average molecular weight is 286 g/mol. The van der Waals surface area contributed by atoms with Crippen LogP contribution in [0, 0.1) is 13.8 Å². The Hall–Kier alpha value is -2.74. The number of rotatable bonds is 2. The summed E-state index contributed by atoms with van der Waals surface area (Å²) in [7, 11) is 0. The molecule has 0 aliphatic heterocycles. The van der Waals surface area contributed by atoms with Crippen LogP contribution in [0.2, 0.25) is 0 Å². The highest BCUT2D eigenvalue weighted by Crippen LogP contribution is 2.30. The first-order valence-corrected chi connectivity index (χ1v) is 7.55. The van der Waals surface area contributed by atoms with Gasteiger partial charge in [0, 0.05) is 36.2 Å². The number of aromatic nitrogens is 2. The predicted molar refractivity (Wildman–Crippen MR) is 92.1 cm³/mol. The second-order valence-corrected chi connectivity index (χ2v) is 5.70. The van der Waals surface area contributed by atoms with Crippen LogP contribution in [0.3, 0.4) is 0 Å². The summed E-state index contributed by atoms with van der Waals surface area (Å²) < 4.78 is 4.34. The van der Waals surface area contributed by atoms with E-state index in [9.17, 15) is 0 Å². The second kappa shape index (κ2) is 4.92. The lowest BCUT2D eigenvalue weighted by Crippen LogP contribution is -1.98. The first-order chi connectivity index (χ1) is 10.8.